The molecular formula is CH2N4S. The normalized spacial score (nSPS) is 8.83. The number of tetrazole rings is 1. The molecule has 6 heavy (non-hydrogen) atoms. The highest BCUT2D eigenvalue weighted by atomic mass is 32.1. The van der Waals surface area contributed by atoms with Gasteiger partial charge in [-0.1, -0.05) is 0 Å². The molecule has 0 spiro atoms. The third-order valence-corrected chi connectivity index (χ3v) is 0.521. The Hall–Kier alpha value is -0.580. The molecule has 1 aromatic rings. The summed E-state index contributed by atoms with van der Waals surface area (Å²) in [5.74, 6) is 0. The van der Waals surface area contributed by atoms with Crippen molar-refractivity contribution in [2.75, 3.05) is 0 Å². The average Bonchev–Trinajstić information content (AvgIpc) is 1.86. The molecule has 0 amide bonds. The molecule has 0 aromatic carbocycles. The maximum Gasteiger partial charge on any atom is 0.150 e. The molecule has 0 unspecified atom stereocenters. The van der Waals surface area contributed by atoms with Crippen LogP contribution in [0.5, 0.6) is 0 Å². The van der Waals surface area contributed by atoms with Crippen LogP contribution in [-0.4, -0.2) is 19.6 Å². The molecule has 32 valence electrons. The quantitative estimate of drug-likeness (QED) is 0.443. The summed E-state index contributed by atoms with van der Waals surface area (Å²) >= 11 is 3.72. The summed E-state index contributed by atoms with van der Waals surface area (Å²) in [7, 11) is 0. The van der Waals surface area contributed by atoms with Crippen molar-refractivity contribution >= 4 is 12.8 Å². The molecule has 0 saturated heterocycles. The zero-order valence-corrected chi connectivity index (χ0v) is 3.71. The van der Waals surface area contributed by atoms with Crippen molar-refractivity contribution in [3.63, 3.8) is 0 Å². The third kappa shape index (κ3) is 0.486. The second-order valence-corrected chi connectivity index (χ2v) is 1.14. The second kappa shape index (κ2) is 1.25. The third-order valence-electron chi connectivity index (χ3n) is 0.338. The zero-order chi connectivity index (χ0) is 4.41. The van der Waals surface area contributed by atoms with Crippen molar-refractivity contribution in [1.82, 2.24) is 19.6 Å². The molecule has 0 fully saturated rings. The molecule has 0 atom stereocenters. The Morgan fingerprint density at radius 2 is 2.50 bits per heavy atom. The van der Waals surface area contributed by atoms with Crippen LogP contribution in [0, 0.1) is 0 Å². The smallest absolute Gasteiger partial charge is 0.150 e. The predicted octanol–water partition coefficient (Wildman–Crippen LogP) is -0.634. The van der Waals surface area contributed by atoms with Crippen molar-refractivity contribution < 1.29 is 0 Å². The van der Waals surface area contributed by atoms with Crippen LogP contribution >= 0.6 is 12.8 Å². The van der Waals surface area contributed by atoms with Gasteiger partial charge in [-0.05, 0) is 23.2 Å². The van der Waals surface area contributed by atoms with Gasteiger partial charge in [0.2, 0.25) is 0 Å². The van der Waals surface area contributed by atoms with Crippen molar-refractivity contribution in [2.24, 2.45) is 0 Å². The number of aromatic nitrogens is 4. The number of rotatable bonds is 0. The fourth-order valence-corrected chi connectivity index (χ4v) is 0.238. The summed E-state index contributed by atoms with van der Waals surface area (Å²) in [4.78, 5) is 0. The highest BCUT2D eigenvalue weighted by Crippen LogP contribution is 1.72. The van der Waals surface area contributed by atoms with Gasteiger partial charge < -0.3 is 0 Å². The first-order chi connectivity index (χ1) is 2.89. The van der Waals surface area contributed by atoms with Crippen LogP contribution in [-0.2, 0) is 0 Å². The number of hydrogen-bond donors (Lipinski definition) is 1. The van der Waals surface area contributed by atoms with Gasteiger partial charge in [0.05, 0.1) is 0 Å². The van der Waals surface area contributed by atoms with Gasteiger partial charge in [0.15, 0.2) is 6.33 Å². The summed E-state index contributed by atoms with van der Waals surface area (Å²) in [6, 6.07) is 0. The Labute approximate surface area is 39.7 Å². The Balaban J connectivity index is 3.05. The highest BCUT2D eigenvalue weighted by Gasteiger charge is 1.73. The summed E-state index contributed by atoms with van der Waals surface area (Å²) in [5, 5.41) is 9.89. The molecule has 1 heterocycles. The van der Waals surface area contributed by atoms with Crippen LogP contribution in [0.25, 0.3) is 0 Å². The van der Waals surface area contributed by atoms with E-state index >= 15 is 0 Å². The van der Waals surface area contributed by atoms with E-state index in [1.807, 2.05) is 0 Å². The van der Waals surface area contributed by atoms with Crippen LogP contribution < -0.4 is 0 Å². The molecule has 5 heteroatoms. The van der Waals surface area contributed by atoms with E-state index in [0.717, 1.165) is 0 Å². The van der Waals surface area contributed by atoms with E-state index in [1.165, 1.54) is 10.4 Å². The second-order valence-electron chi connectivity index (χ2n) is 0.730. The monoisotopic (exact) mass is 102 g/mol. The van der Waals surface area contributed by atoms with Crippen molar-refractivity contribution in [1.29, 1.82) is 0 Å². The lowest BCUT2D eigenvalue weighted by Crippen LogP contribution is -1.77. The molecule has 0 saturated carbocycles. The van der Waals surface area contributed by atoms with Gasteiger partial charge >= 0.3 is 0 Å². The molecule has 0 aliphatic rings. The van der Waals surface area contributed by atoms with Gasteiger partial charge in [-0.2, -0.15) is 4.09 Å². The van der Waals surface area contributed by atoms with Gasteiger partial charge in [0.1, 0.15) is 0 Å². The Morgan fingerprint density at radius 1 is 1.67 bits per heavy atom. The first-order valence-corrected chi connectivity index (χ1v) is 1.72. The molecule has 0 aliphatic heterocycles. The Morgan fingerprint density at radius 3 is 2.67 bits per heavy atom. The Bertz CT molecular complexity index is 111. The zero-order valence-electron chi connectivity index (χ0n) is 2.81. The minimum atomic E-state index is 1.22. The number of thiol groups is 1. The van der Waals surface area contributed by atoms with E-state index < -0.39 is 0 Å². The van der Waals surface area contributed by atoms with Crippen LogP contribution in [0.4, 0.5) is 0 Å². The topological polar surface area (TPSA) is 43.6 Å². The summed E-state index contributed by atoms with van der Waals surface area (Å²) in [6.07, 6.45) is 1.39. The van der Waals surface area contributed by atoms with Gasteiger partial charge in [-0.3, -0.25) is 0 Å². The molecule has 1 aromatic heterocycles. The lowest BCUT2D eigenvalue weighted by atomic mass is 11.4. The van der Waals surface area contributed by atoms with Crippen LogP contribution in [0.2, 0.25) is 0 Å². The summed E-state index contributed by atoms with van der Waals surface area (Å²) in [6.45, 7) is 0. The van der Waals surface area contributed by atoms with Gasteiger partial charge in [0, 0.05) is 0 Å². The summed E-state index contributed by atoms with van der Waals surface area (Å²) in [5.41, 5.74) is 0. The molecule has 0 aliphatic carbocycles. The minimum Gasteiger partial charge on any atom is -0.177 e. The average molecular weight is 102 g/mol. The van der Waals surface area contributed by atoms with E-state index in [4.69, 9.17) is 0 Å². The van der Waals surface area contributed by atoms with Crippen molar-refractivity contribution in [2.45, 2.75) is 0 Å². The van der Waals surface area contributed by atoms with Crippen LogP contribution in [0.3, 0.4) is 0 Å². The fraction of sp³-hybridized carbons (Fsp3) is 0. The molecule has 0 N–H and O–H groups in total. The van der Waals surface area contributed by atoms with E-state index in [2.05, 4.69) is 28.3 Å². The molecular weight excluding hydrogens is 100 g/mol. The largest absolute Gasteiger partial charge is 0.177 e. The molecule has 4 nitrogen and oxygen atoms in total. The first-order valence-electron chi connectivity index (χ1n) is 1.32. The van der Waals surface area contributed by atoms with E-state index in [9.17, 15) is 0 Å². The molecule has 0 radical (unpaired) electrons. The lowest BCUT2D eigenvalue weighted by molar-refractivity contribution is 0.857. The van der Waals surface area contributed by atoms with E-state index in [0.29, 0.717) is 0 Å². The van der Waals surface area contributed by atoms with Gasteiger partial charge in [-0.25, -0.2) is 0 Å². The minimum absolute atomic E-state index is 1.22. The van der Waals surface area contributed by atoms with Gasteiger partial charge in [0.25, 0.3) is 0 Å². The number of nitrogens with zero attached hydrogens (tertiary/aromatic N) is 4. The fourth-order valence-electron chi connectivity index (χ4n) is 0.156. The maximum absolute atomic E-state index is 3.72. The van der Waals surface area contributed by atoms with Gasteiger partial charge in [-0.15, -0.1) is 5.10 Å². The van der Waals surface area contributed by atoms with E-state index in [-0.39, 0.29) is 0 Å². The van der Waals surface area contributed by atoms with Crippen molar-refractivity contribution in [3.05, 3.63) is 6.33 Å². The predicted molar refractivity (Wildman–Crippen MR) is 22.2 cm³/mol. The van der Waals surface area contributed by atoms with Crippen molar-refractivity contribution in [3.8, 4) is 0 Å². The first kappa shape index (κ1) is 3.60. The van der Waals surface area contributed by atoms with E-state index in [1.54, 1.807) is 0 Å². The lowest BCUT2D eigenvalue weighted by Gasteiger charge is -1.69. The number of hydrogen-bond acceptors (Lipinski definition) is 4. The summed E-state index contributed by atoms with van der Waals surface area (Å²) < 4.78 is 1.22. The standard InChI is InChI=1S/CH2N4S/c6-5-1-2-3-4-5/h1,6H. The Kier molecular flexibility index (Phi) is 0.754. The van der Waals surface area contributed by atoms with Crippen LogP contribution in [0.15, 0.2) is 6.33 Å². The molecule has 1 rings (SSSR count). The SMILES string of the molecule is Sn1cnnn1. The van der Waals surface area contributed by atoms with Crippen LogP contribution in [0.1, 0.15) is 0 Å². The maximum atomic E-state index is 3.72. The molecule has 0 bridgehead atoms. The highest BCUT2D eigenvalue weighted by molar-refractivity contribution is 7.78.